The molecule has 3 aliphatic heterocycles. The summed E-state index contributed by atoms with van der Waals surface area (Å²) in [4.78, 5) is 23.0. The lowest BCUT2D eigenvalue weighted by molar-refractivity contribution is -0.274. The van der Waals surface area contributed by atoms with Gasteiger partial charge in [-0.2, -0.15) is 4.31 Å². The monoisotopic (exact) mass is 594 g/mol. The number of amides is 1. The van der Waals surface area contributed by atoms with Crippen LogP contribution in [-0.2, 0) is 26.1 Å². The van der Waals surface area contributed by atoms with Gasteiger partial charge in [-0.15, -0.1) is 13.2 Å². The Kier molecular flexibility index (Phi) is 8.57. The van der Waals surface area contributed by atoms with E-state index in [1.165, 1.54) is 9.87 Å². The molecule has 1 amide bonds. The number of ether oxygens (including phenoxy) is 1. The average molecular weight is 595 g/mol. The first-order valence-corrected chi connectivity index (χ1v) is 15.1. The second-order valence-electron chi connectivity index (χ2n) is 10.6. The molecular formula is C28H33F3N4O5S. The van der Waals surface area contributed by atoms with E-state index in [2.05, 4.69) is 26.9 Å². The number of oxime groups is 1. The summed E-state index contributed by atoms with van der Waals surface area (Å²) >= 11 is 0. The van der Waals surface area contributed by atoms with Crippen molar-refractivity contribution in [3.63, 3.8) is 0 Å². The lowest BCUT2D eigenvalue weighted by Gasteiger charge is -2.37. The van der Waals surface area contributed by atoms with Gasteiger partial charge in [0.15, 0.2) is 0 Å². The SMILES string of the molecule is O=C(C1=NOC2(CCN(S(=O)(=O)c3ccc(OC(F)(F)F)cc3)CC2)C1)N1CCN(CCCc2ccccc2)CC1. The molecule has 41 heavy (non-hydrogen) atoms. The van der Waals surface area contributed by atoms with Gasteiger partial charge in [0.05, 0.1) is 4.90 Å². The van der Waals surface area contributed by atoms with Crippen LogP contribution in [0, 0.1) is 0 Å². The fourth-order valence-corrected chi connectivity index (χ4v) is 6.95. The van der Waals surface area contributed by atoms with Gasteiger partial charge in [-0.25, -0.2) is 8.42 Å². The van der Waals surface area contributed by atoms with Crippen LogP contribution in [0.25, 0.3) is 0 Å². The Labute approximate surface area is 237 Å². The minimum atomic E-state index is -4.86. The highest BCUT2D eigenvalue weighted by molar-refractivity contribution is 7.89. The summed E-state index contributed by atoms with van der Waals surface area (Å²) in [6.45, 7) is 4.11. The highest BCUT2D eigenvalue weighted by Crippen LogP contribution is 2.37. The quantitative estimate of drug-likeness (QED) is 0.464. The molecule has 0 unspecified atom stereocenters. The van der Waals surface area contributed by atoms with Crippen LogP contribution in [0.3, 0.4) is 0 Å². The Balaban J connectivity index is 1.07. The van der Waals surface area contributed by atoms with Crippen LogP contribution in [0.15, 0.2) is 64.6 Å². The van der Waals surface area contributed by atoms with E-state index >= 15 is 0 Å². The van der Waals surface area contributed by atoms with Crippen molar-refractivity contribution in [2.75, 3.05) is 45.8 Å². The Hall–Kier alpha value is -3.16. The number of carbonyl (C=O) groups excluding carboxylic acids is 1. The number of carbonyl (C=O) groups is 1. The number of hydrogen-bond donors (Lipinski definition) is 0. The predicted octanol–water partition coefficient (Wildman–Crippen LogP) is 3.66. The van der Waals surface area contributed by atoms with Gasteiger partial charge < -0.3 is 14.5 Å². The lowest BCUT2D eigenvalue weighted by Crippen LogP contribution is -2.51. The maximum atomic E-state index is 13.2. The molecule has 3 heterocycles. The van der Waals surface area contributed by atoms with Crippen LogP contribution in [0.4, 0.5) is 13.2 Å². The van der Waals surface area contributed by atoms with Crippen molar-refractivity contribution >= 4 is 21.6 Å². The molecule has 3 aliphatic rings. The number of nitrogens with zero attached hydrogens (tertiary/aromatic N) is 4. The van der Waals surface area contributed by atoms with Crippen LogP contribution in [0.2, 0.25) is 0 Å². The van der Waals surface area contributed by atoms with E-state index in [0.29, 0.717) is 38.1 Å². The molecule has 0 radical (unpaired) electrons. The third-order valence-corrected chi connectivity index (χ3v) is 9.77. The van der Waals surface area contributed by atoms with Crippen LogP contribution in [0.1, 0.15) is 31.2 Å². The van der Waals surface area contributed by atoms with Crippen molar-refractivity contribution in [3.05, 3.63) is 60.2 Å². The fourth-order valence-electron chi connectivity index (χ4n) is 5.51. The van der Waals surface area contributed by atoms with E-state index < -0.39 is 27.7 Å². The zero-order valence-electron chi connectivity index (χ0n) is 22.6. The number of halogens is 3. The van der Waals surface area contributed by atoms with Gasteiger partial charge in [0, 0.05) is 58.5 Å². The molecule has 2 aromatic rings. The predicted molar refractivity (Wildman–Crippen MR) is 145 cm³/mol. The third kappa shape index (κ3) is 7.19. The van der Waals surface area contributed by atoms with Crippen molar-refractivity contribution in [1.29, 1.82) is 0 Å². The van der Waals surface area contributed by atoms with Gasteiger partial charge in [0.1, 0.15) is 17.1 Å². The second-order valence-corrected chi connectivity index (χ2v) is 12.6. The highest BCUT2D eigenvalue weighted by Gasteiger charge is 2.46. The van der Waals surface area contributed by atoms with E-state index in [0.717, 1.165) is 56.7 Å². The summed E-state index contributed by atoms with van der Waals surface area (Å²) in [7, 11) is -3.92. The van der Waals surface area contributed by atoms with Crippen molar-refractivity contribution in [3.8, 4) is 5.75 Å². The molecule has 9 nitrogen and oxygen atoms in total. The normalized spacial score (nSPS) is 20.1. The van der Waals surface area contributed by atoms with Gasteiger partial charge in [-0.3, -0.25) is 9.69 Å². The number of piperazine rings is 1. The molecule has 0 atom stereocenters. The molecule has 2 aromatic carbocycles. The minimum absolute atomic E-state index is 0.123. The van der Waals surface area contributed by atoms with E-state index in [1.54, 1.807) is 4.90 Å². The topological polar surface area (TPSA) is 91.7 Å². The Morgan fingerprint density at radius 1 is 0.951 bits per heavy atom. The van der Waals surface area contributed by atoms with Gasteiger partial charge in [0.2, 0.25) is 10.0 Å². The molecule has 13 heteroatoms. The molecule has 2 saturated heterocycles. The molecule has 222 valence electrons. The van der Waals surface area contributed by atoms with E-state index in [4.69, 9.17) is 4.84 Å². The second kappa shape index (κ2) is 12.0. The Morgan fingerprint density at radius 3 is 2.24 bits per heavy atom. The van der Waals surface area contributed by atoms with Gasteiger partial charge in [-0.1, -0.05) is 35.5 Å². The molecule has 2 fully saturated rings. The van der Waals surface area contributed by atoms with Crippen LogP contribution < -0.4 is 4.74 Å². The number of hydrogen-bond acceptors (Lipinski definition) is 7. The Morgan fingerprint density at radius 2 is 1.61 bits per heavy atom. The summed E-state index contributed by atoms with van der Waals surface area (Å²) < 4.78 is 68.4. The maximum absolute atomic E-state index is 13.2. The number of benzene rings is 2. The largest absolute Gasteiger partial charge is 0.573 e. The van der Waals surface area contributed by atoms with Gasteiger partial charge in [0.25, 0.3) is 5.91 Å². The summed E-state index contributed by atoms with van der Waals surface area (Å²) in [6, 6.07) is 14.5. The summed E-state index contributed by atoms with van der Waals surface area (Å²) in [6.07, 6.45) is -1.76. The zero-order chi connectivity index (χ0) is 29.1. The maximum Gasteiger partial charge on any atom is 0.573 e. The standard InChI is InChI=1S/C28H33F3N4O5S/c29-28(30,31)39-23-8-10-24(11-9-23)41(37,38)35-15-12-27(13-16-35)21-25(32-40-27)26(36)34-19-17-33(18-20-34)14-4-7-22-5-2-1-3-6-22/h1-3,5-6,8-11H,4,7,12-21H2. The van der Waals surface area contributed by atoms with Crippen molar-refractivity contribution < 1.29 is 36.0 Å². The van der Waals surface area contributed by atoms with Gasteiger partial charge in [-0.05, 0) is 49.2 Å². The van der Waals surface area contributed by atoms with Crippen molar-refractivity contribution in [1.82, 2.24) is 14.1 Å². The van der Waals surface area contributed by atoms with E-state index in [1.807, 2.05) is 18.2 Å². The smallest absolute Gasteiger partial charge is 0.406 e. The molecule has 0 N–H and O–H groups in total. The fraction of sp³-hybridized carbons (Fsp3) is 0.500. The first-order chi connectivity index (χ1) is 19.5. The molecule has 0 saturated carbocycles. The molecule has 0 bridgehead atoms. The third-order valence-electron chi connectivity index (χ3n) is 7.86. The number of sulfonamides is 1. The summed E-state index contributed by atoms with van der Waals surface area (Å²) in [5.41, 5.74) is 0.950. The number of alkyl halides is 3. The highest BCUT2D eigenvalue weighted by atomic mass is 32.2. The molecular weight excluding hydrogens is 561 g/mol. The van der Waals surface area contributed by atoms with Crippen LogP contribution in [-0.4, -0.2) is 91.9 Å². The number of aryl methyl sites for hydroxylation is 1. The number of rotatable bonds is 8. The van der Waals surface area contributed by atoms with E-state index in [9.17, 15) is 26.4 Å². The minimum Gasteiger partial charge on any atom is -0.406 e. The zero-order valence-corrected chi connectivity index (χ0v) is 23.4. The summed E-state index contributed by atoms with van der Waals surface area (Å²) in [5.74, 6) is -0.630. The first-order valence-electron chi connectivity index (χ1n) is 13.7. The Bertz CT molecular complexity index is 1340. The molecule has 0 aromatic heterocycles. The van der Waals surface area contributed by atoms with Gasteiger partial charge >= 0.3 is 6.36 Å². The average Bonchev–Trinajstić information content (AvgIpc) is 3.36. The first kappa shape index (κ1) is 29.3. The van der Waals surface area contributed by atoms with E-state index in [-0.39, 0.29) is 23.9 Å². The van der Waals surface area contributed by atoms with Crippen molar-refractivity contribution in [2.24, 2.45) is 5.16 Å². The van der Waals surface area contributed by atoms with Crippen molar-refractivity contribution in [2.45, 2.75) is 49.0 Å². The van der Waals surface area contributed by atoms with Crippen LogP contribution in [0.5, 0.6) is 5.75 Å². The summed E-state index contributed by atoms with van der Waals surface area (Å²) in [5, 5.41) is 4.11. The molecule has 0 aliphatic carbocycles. The van der Waals surface area contributed by atoms with Crippen LogP contribution >= 0.6 is 0 Å². The lowest BCUT2D eigenvalue weighted by atomic mass is 9.87. The number of piperidine rings is 1. The molecule has 5 rings (SSSR count). The molecule has 1 spiro atoms.